The SMILES string of the molecule is CCOCc1ccccc1CNC(=O)c1ccc(F)nc1. The van der Waals surface area contributed by atoms with Crippen molar-refractivity contribution in [3.05, 3.63) is 65.2 Å². The third-order valence-corrected chi connectivity index (χ3v) is 3.01. The Morgan fingerprint density at radius 1 is 1.24 bits per heavy atom. The number of hydrogen-bond donors (Lipinski definition) is 1. The largest absolute Gasteiger partial charge is 0.377 e. The van der Waals surface area contributed by atoms with Crippen molar-refractivity contribution in [3.63, 3.8) is 0 Å². The second kappa shape index (κ2) is 7.50. The lowest BCUT2D eigenvalue weighted by Crippen LogP contribution is -2.23. The summed E-state index contributed by atoms with van der Waals surface area (Å²) in [4.78, 5) is 15.4. The fraction of sp³-hybridized carbons (Fsp3) is 0.250. The Morgan fingerprint density at radius 2 is 2.00 bits per heavy atom. The molecule has 0 radical (unpaired) electrons. The Labute approximate surface area is 123 Å². The van der Waals surface area contributed by atoms with Crippen LogP contribution in [0.5, 0.6) is 0 Å². The van der Waals surface area contributed by atoms with Crippen molar-refractivity contribution < 1.29 is 13.9 Å². The van der Waals surface area contributed by atoms with E-state index < -0.39 is 5.95 Å². The number of aromatic nitrogens is 1. The molecule has 0 spiro atoms. The van der Waals surface area contributed by atoms with Crippen molar-refractivity contribution in [1.29, 1.82) is 0 Å². The molecule has 1 aromatic carbocycles. The van der Waals surface area contributed by atoms with E-state index in [9.17, 15) is 9.18 Å². The number of ether oxygens (including phenoxy) is 1. The van der Waals surface area contributed by atoms with Crippen LogP contribution in [-0.4, -0.2) is 17.5 Å². The fourth-order valence-electron chi connectivity index (χ4n) is 1.87. The van der Waals surface area contributed by atoms with Crippen LogP contribution in [0.1, 0.15) is 28.4 Å². The molecular weight excluding hydrogens is 271 g/mol. The highest BCUT2D eigenvalue weighted by Gasteiger charge is 2.08. The summed E-state index contributed by atoms with van der Waals surface area (Å²) >= 11 is 0. The first kappa shape index (κ1) is 15.1. The van der Waals surface area contributed by atoms with E-state index in [1.807, 2.05) is 31.2 Å². The number of hydrogen-bond acceptors (Lipinski definition) is 3. The third kappa shape index (κ3) is 4.36. The Kier molecular flexibility index (Phi) is 5.40. The van der Waals surface area contributed by atoms with Crippen LogP contribution in [0.3, 0.4) is 0 Å². The van der Waals surface area contributed by atoms with E-state index in [4.69, 9.17) is 4.74 Å². The quantitative estimate of drug-likeness (QED) is 0.831. The van der Waals surface area contributed by atoms with Crippen LogP contribution < -0.4 is 5.32 Å². The van der Waals surface area contributed by atoms with Gasteiger partial charge >= 0.3 is 0 Å². The zero-order valence-electron chi connectivity index (χ0n) is 11.8. The maximum atomic E-state index is 12.7. The maximum Gasteiger partial charge on any atom is 0.253 e. The molecule has 1 N–H and O–H groups in total. The molecule has 21 heavy (non-hydrogen) atoms. The van der Waals surface area contributed by atoms with Gasteiger partial charge in [-0.2, -0.15) is 4.39 Å². The molecule has 1 heterocycles. The normalized spacial score (nSPS) is 10.4. The van der Waals surface area contributed by atoms with E-state index in [0.29, 0.717) is 25.3 Å². The van der Waals surface area contributed by atoms with Crippen molar-refractivity contribution in [2.24, 2.45) is 0 Å². The van der Waals surface area contributed by atoms with E-state index in [0.717, 1.165) is 17.2 Å². The molecule has 0 fully saturated rings. The van der Waals surface area contributed by atoms with Crippen molar-refractivity contribution in [2.75, 3.05) is 6.61 Å². The van der Waals surface area contributed by atoms with Gasteiger partial charge in [-0.15, -0.1) is 0 Å². The zero-order valence-corrected chi connectivity index (χ0v) is 11.8. The average molecular weight is 288 g/mol. The van der Waals surface area contributed by atoms with Crippen molar-refractivity contribution in [1.82, 2.24) is 10.3 Å². The van der Waals surface area contributed by atoms with Gasteiger partial charge in [0.2, 0.25) is 5.95 Å². The van der Waals surface area contributed by atoms with E-state index in [1.165, 1.54) is 12.3 Å². The van der Waals surface area contributed by atoms with Crippen LogP contribution in [-0.2, 0) is 17.9 Å². The van der Waals surface area contributed by atoms with Gasteiger partial charge in [0.05, 0.1) is 12.2 Å². The minimum absolute atomic E-state index is 0.284. The number of carbonyl (C=O) groups excluding carboxylic acids is 1. The molecule has 4 nitrogen and oxygen atoms in total. The molecule has 0 saturated heterocycles. The molecule has 1 amide bonds. The second-order valence-corrected chi connectivity index (χ2v) is 4.46. The number of amides is 1. The number of nitrogens with zero attached hydrogens (tertiary/aromatic N) is 1. The summed E-state index contributed by atoms with van der Waals surface area (Å²) in [5.41, 5.74) is 2.37. The molecule has 0 aliphatic carbocycles. The van der Waals surface area contributed by atoms with Crippen molar-refractivity contribution >= 4 is 5.91 Å². The summed E-state index contributed by atoms with van der Waals surface area (Å²) in [6.45, 7) is 3.48. The maximum absolute atomic E-state index is 12.7. The number of rotatable bonds is 6. The van der Waals surface area contributed by atoms with Gasteiger partial charge in [0.1, 0.15) is 0 Å². The summed E-state index contributed by atoms with van der Waals surface area (Å²) in [5.74, 6) is -0.887. The molecule has 2 aromatic rings. The van der Waals surface area contributed by atoms with Crippen LogP contribution in [0.25, 0.3) is 0 Å². The molecule has 2 rings (SSSR count). The number of carbonyl (C=O) groups is 1. The van der Waals surface area contributed by atoms with Gasteiger partial charge in [-0.3, -0.25) is 4.79 Å². The highest BCUT2D eigenvalue weighted by Crippen LogP contribution is 2.10. The Morgan fingerprint density at radius 3 is 2.67 bits per heavy atom. The van der Waals surface area contributed by atoms with Crippen LogP contribution in [0.4, 0.5) is 4.39 Å². The molecule has 0 aliphatic heterocycles. The molecule has 0 atom stereocenters. The van der Waals surface area contributed by atoms with E-state index in [2.05, 4.69) is 10.3 Å². The second-order valence-electron chi connectivity index (χ2n) is 4.46. The average Bonchev–Trinajstić information content (AvgIpc) is 2.52. The molecule has 0 aliphatic rings. The summed E-state index contributed by atoms with van der Waals surface area (Å²) < 4.78 is 18.1. The number of halogens is 1. The van der Waals surface area contributed by atoms with Gasteiger partial charge in [0.25, 0.3) is 5.91 Å². The molecule has 0 saturated carbocycles. The van der Waals surface area contributed by atoms with Gasteiger partial charge in [0, 0.05) is 19.3 Å². The monoisotopic (exact) mass is 288 g/mol. The first-order chi connectivity index (χ1) is 10.2. The number of benzene rings is 1. The van der Waals surface area contributed by atoms with Crippen molar-refractivity contribution in [2.45, 2.75) is 20.1 Å². The standard InChI is InChI=1S/C16H17FN2O2/c1-2-21-11-14-6-4-3-5-12(14)9-19-16(20)13-7-8-15(17)18-10-13/h3-8,10H,2,9,11H2,1H3,(H,19,20). The molecule has 5 heteroatoms. The highest BCUT2D eigenvalue weighted by molar-refractivity contribution is 5.93. The first-order valence-corrected chi connectivity index (χ1v) is 6.75. The van der Waals surface area contributed by atoms with Gasteiger partial charge in [0.15, 0.2) is 0 Å². The number of nitrogens with one attached hydrogen (secondary N) is 1. The minimum atomic E-state index is -0.603. The molecule has 1 aromatic heterocycles. The summed E-state index contributed by atoms with van der Waals surface area (Å²) in [6.07, 6.45) is 1.22. The highest BCUT2D eigenvalue weighted by atomic mass is 19.1. The Balaban J connectivity index is 1.99. The third-order valence-electron chi connectivity index (χ3n) is 3.01. The lowest BCUT2D eigenvalue weighted by Gasteiger charge is -2.10. The lowest BCUT2D eigenvalue weighted by atomic mass is 10.1. The van der Waals surface area contributed by atoms with Crippen molar-refractivity contribution in [3.8, 4) is 0 Å². The van der Waals surface area contributed by atoms with Crippen LogP contribution in [0.15, 0.2) is 42.6 Å². The summed E-state index contributed by atoms with van der Waals surface area (Å²) in [6, 6.07) is 10.3. The van der Waals surface area contributed by atoms with Gasteiger partial charge in [-0.25, -0.2) is 4.98 Å². The summed E-state index contributed by atoms with van der Waals surface area (Å²) in [7, 11) is 0. The molecule has 0 unspecified atom stereocenters. The molecular formula is C16H17FN2O2. The lowest BCUT2D eigenvalue weighted by molar-refractivity contribution is 0.0949. The Hall–Kier alpha value is -2.27. The van der Waals surface area contributed by atoms with Gasteiger partial charge < -0.3 is 10.1 Å². The first-order valence-electron chi connectivity index (χ1n) is 6.75. The van der Waals surface area contributed by atoms with Crippen LogP contribution >= 0.6 is 0 Å². The fourth-order valence-corrected chi connectivity index (χ4v) is 1.87. The van der Waals surface area contributed by atoms with Gasteiger partial charge in [-0.1, -0.05) is 24.3 Å². The zero-order chi connectivity index (χ0) is 15.1. The van der Waals surface area contributed by atoms with Crippen LogP contribution in [0, 0.1) is 5.95 Å². The van der Waals surface area contributed by atoms with E-state index in [1.54, 1.807) is 0 Å². The van der Waals surface area contributed by atoms with Crippen LogP contribution in [0.2, 0.25) is 0 Å². The topological polar surface area (TPSA) is 51.2 Å². The molecule has 110 valence electrons. The van der Waals surface area contributed by atoms with E-state index >= 15 is 0 Å². The summed E-state index contributed by atoms with van der Waals surface area (Å²) in [5, 5.41) is 2.79. The number of pyridine rings is 1. The minimum Gasteiger partial charge on any atom is -0.377 e. The van der Waals surface area contributed by atoms with Gasteiger partial charge in [-0.05, 0) is 30.2 Å². The molecule has 0 bridgehead atoms. The van der Waals surface area contributed by atoms with E-state index in [-0.39, 0.29) is 5.91 Å². The smallest absolute Gasteiger partial charge is 0.253 e. The predicted octanol–water partition coefficient (Wildman–Crippen LogP) is 2.69. The Bertz CT molecular complexity index is 599. The predicted molar refractivity (Wildman–Crippen MR) is 77.1 cm³/mol.